The normalized spacial score (nSPS) is 11.6. The molecule has 0 unspecified atom stereocenters. The molecule has 0 radical (unpaired) electrons. The summed E-state index contributed by atoms with van der Waals surface area (Å²) < 4.78 is 1.50. The largest absolute Gasteiger partial charge is 0.279 e. The Balaban J connectivity index is 1.59. The van der Waals surface area contributed by atoms with Crippen LogP contribution in [0.2, 0.25) is 0 Å². The Bertz CT molecular complexity index is 1610. The van der Waals surface area contributed by atoms with Crippen molar-refractivity contribution in [2.24, 2.45) is 10.2 Å². The number of aromatic nitrogens is 1. The fourth-order valence-corrected chi connectivity index (χ4v) is 4.13. The fourth-order valence-electron chi connectivity index (χ4n) is 4.13. The number of nitrogens with zero attached hydrogens (tertiary/aromatic N) is 3. The van der Waals surface area contributed by atoms with Crippen molar-refractivity contribution < 1.29 is 0 Å². The Morgan fingerprint density at radius 1 is 0.737 bits per heavy atom. The van der Waals surface area contributed by atoms with Gasteiger partial charge in [-0.15, -0.1) is 0 Å². The number of hydrogen-bond acceptors (Lipinski definition) is 4. The summed E-state index contributed by atoms with van der Waals surface area (Å²) in [4.78, 5) is 13.6. The zero-order valence-corrected chi connectivity index (χ0v) is 21.2. The van der Waals surface area contributed by atoms with Crippen molar-refractivity contribution in [3.05, 3.63) is 149 Å². The molecule has 1 N–H and O–H groups in total. The second kappa shape index (κ2) is 11.8. The molecule has 1 heterocycles. The van der Waals surface area contributed by atoms with E-state index in [1.54, 1.807) is 12.3 Å². The van der Waals surface area contributed by atoms with E-state index < -0.39 is 0 Å². The second-order valence-corrected chi connectivity index (χ2v) is 8.92. The van der Waals surface area contributed by atoms with Crippen molar-refractivity contribution in [2.75, 3.05) is 5.43 Å². The summed E-state index contributed by atoms with van der Waals surface area (Å²) in [6.07, 6.45) is 2.21. The number of benzene rings is 4. The molecule has 0 spiro atoms. The van der Waals surface area contributed by atoms with Gasteiger partial charge in [-0.3, -0.25) is 10.2 Å². The van der Waals surface area contributed by atoms with Crippen LogP contribution < -0.4 is 11.0 Å². The predicted octanol–water partition coefficient (Wildman–Crippen LogP) is 7.23. The first-order chi connectivity index (χ1) is 18.7. The Morgan fingerprint density at radius 3 is 2.00 bits per heavy atom. The van der Waals surface area contributed by atoms with Gasteiger partial charge in [-0.2, -0.15) is 14.9 Å². The van der Waals surface area contributed by atoms with Crippen LogP contribution in [0.25, 0.3) is 22.4 Å². The van der Waals surface area contributed by atoms with E-state index in [4.69, 9.17) is 5.10 Å². The highest BCUT2D eigenvalue weighted by Gasteiger charge is 2.12. The van der Waals surface area contributed by atoms with Gasteiger partial charge in [-0.25, -0.2) is 0 Å². The van der Waals surface area contributed by atoms with E-state index in [0.717, 1.165) is 44.9 Å². The molecule has 4 aromatic carbocycles. The van der Waals surface area contributed by atoms with Gasteiger partial charge in [0.1, 0.15) is 0 Å². The minimum Gasteiger partial charge on any atom is -0.279 e. The van der Waals surface area contributed by atoms with Crippen LogP contribution in [0.4, 0.5) is 5.69 Å². The second-order valence-electron chi connectivity index (χ2n) is 8.92. The van der Waals surface area contributed by atoms with E-state index in [-0.39, 0.29) is 5.56 Å². The van der Waals surface area contributed by atoms with E-state index in [1.165, 1.54) is 4.68 Å². The zero-order valence-electron chi connectivity index (χ0n) is 21.2. The van der Waals surface area contributed by atoms with E-state index in [1.807, 2.05) is 128 Å². The van der Waals surface area contributed by atoms with Gasteiger partial charge in [-0.1, -0.05) is 109 Å². The number of aryl methyl sites for hydroxylation is 1. The van der Waals surface area contributed by atoms with Gasteiger partial charge in [0.2, 0.25) is 0 Å². The molecule has 186 valence electrons. The molecule has 0 atom stereocenters. The summed E-state index contributed by atoms with van der Waals surface area (Å²) >= 11 is 0. The first-order valence-electron chi connectivity index (χ1n) is 12.5. The van der Waals surface area contributed by atoms with Crippen LogP contribution in [0.15, 0.2) is 142 Å². The summed E-state index contributed by atoms with van der Waals surface area (Å²) in [5, 5.41) is 9.30. The third-order valence-electron chi connectivity index (χ3n) is 6.13. The standard InChI is InChI=1S/C33H28N4O/c1-25-17-19-27(20-18-25)31(21-22-34-35-30-15-9-4-10-16-30)36-37-32(28-13-7-3-8-14-28)23-29(24-33(37)38)26-11-5-2-6-12-26/h2-20,22-24,35H,21H2,1H3/b34-22+,36-31+. The third kappa shape index (κ3) is 6.02. The van der Waals surface area contributed by atoms with Gasteiger partial charge < -0.3 is 0 Å². The number of rotatable bonds is 8. The summed E-state index contributed by atoms with van der Waals surface area (Å²) in [5.74, 6) is 0. The average Bonchev–Trinajstić information content (AvgIpc) is 2.97. The van der Waals surface area contributed by atoms with E-state index >= 15 is 0 Å². The lowest BCUT2D eigenvalue weighted by Crippen LogP contribution is -2.20. The van der Waals surface area contributed by atoms with Gasteiger partial charge in [0.15, 0.2) is 0 Å². The maximum Gasteiger partial charge on any atom is 0.272 e. The number of anilines is 1. The first kappa shape index (κ1) is 24.7. The van der Waals surface area contributed by atoms with Crippen molar-refractivity contribution in [3.8, 4) is 22.4 Å². The molecule has 5 aromatic rings. The van der Waals surface area contributed by atoms with E-state index in [0.29, 0.717) is 6.42 Å². The summed E-state index contributed by atoms with van der Waals surface area (Å²) in [5.41, 5.74) is 10.0. The van der Waals surface area contributed by atoms with Crippen LogP contribution in [-0.4, -0.2) is 16.6 Å². The highest BCUT2D eigenvalue weighted by Crippen LogP contribution is 2.25. The Morgan fingerprint density at radius 2 is 1.34 bits per heavy atom. The van der Waals surface area contributed by atoms with Gasteiger partial charge >= 0.3 is 0 Å². The maximum absolute atomic E-state index is 13.6. The van der Waals surface area contributed by atoms with Crippen LogP contribution in [0.1, 0.15) is 17.5 Å². The summed E-state index contributed by atoms with van der Waals surface area (Å²) in [6.45, 7) is 2.05. The lowest BCUT2D eigenvalue weighted by atomic mass is 10.0. The highest BCUT2D eigenvalue weighted by molar-refractivity contribution is 6.07. The SMILES string of the molecule is Cc1ccc(/C(C/C=N/Nc2ccccc2)=N/n2c(-c3ccccc3)cc(-c3ccccc3)cc2=O)cc1. The van der Waals surface area contributed by atoms with Crippen molar-refractivity contribution >= 4 is 17.6 Å². The van der Waals surface area contributed by atoms with Gasteiger partial charge in [0.25, 0.3) is 5.56 Å². The minimum atomic E-state index is -0.200. The van der Waals surface area contributed by atoms with Crippen molar-refractivity contribution in [1.29, 1.82) is 0 Å². The molecule has 1 aromatic heterocycles. The van der Waals surface area contributed by atoms with Crippen molar-refractivity contribution in [2.45, 2.75) is 13.3 Å². The molecule has 0 aliphatic carbocycles. The molecule has 0 aliphatic rings. The van der Waals surface area contributed by atoms with Gasteiger partial charge in [0, 0.05) is 24.3 Å². The Hall–Kier alpha value is -5.03. The summed E-state index contributed by atoms with van der Waals surface area (Å²) in [7, 11) is 0. The van der Waals surface area contributed by atoms with Crippen LogP contribution in [0.5, 0.6) is 0 Å². The van der Waals surface area contributed by atoms with Crippen molar-refractivity contribution in [1.82, 2.24) is 4.68 Å². The first-order valence-corrected chi connectivity index (χ1v) is 12.5. The van der Waals surface area contributed by atoms with Crippen LogP contribution >= 0.6 is 0 Å². The molecule has 0 fully saturated rings. The smallest absolute Gasteiger partial charge is 0.272 e. The third-order valence-corrected chi connectivity index (χ3v) is 6.13. The maximum atomic E-state index is 13.6. The quantitative estimate of drug-likeness (QED) is 0.182. The van der Waals surface area contributed by atoms with Crippen LogP contribution in [0, 0.1) is 6.92 Å². The molecule has 38 heavy (non-hydrogen) atoms. The van der Waals surface area contributed by atoms with Gasteiger partial charge in [0.05, 0.1) is 17.1 Å². The molecule has 0 aliphatic heterocycles. The van der Waals surface area contributed by atoms with E-state index in [2.05, 4.69) is 10.5 Å². The topological polar surface area (TPSA) is 58.8 Å². The van der Waals surface area contributed by atoms with Crippen LogP contribution in [0.3, 0.4) is 0 Å². The molecule has 0 saturated carbocycles. The number of para-hydroxylation sites is 1. The lowest BCUT2D eigenvalue weighted by molar-refractivity contribution is 0.835. The minimum absolute atomic E-state index is 0.200. The molecule has 0 bridgehead atoms. The van der Waals surface area contributed by atoms with Crippen molar-refractivity contribution in [3.63, 3.8) is 0 Å². The Kier molecular flexibility index (Phi) is 7.66. The predicted molar refractivity (Wildman–Crippen MR) is 158 cm³/mol. The monoisotopic (exact) mass is 496 g/mol. The number of hydrogen-bond donors (Lipinski definition) is 1. The molecular weight excluding hydrogens is 468 g/mol. The molecule has 5 rings (SSSR count). The number of pyridine rings is 1. The number of nitrogens with one attached hydrogen (secondary N) is 1. The average molecular weight is 497 g/mol. The molecular formula is C33H28N4O. The molecule has 0 amide bonds. The van der Waals surface area contributed by atoms with Gasteiger partial charge in [-0.05, 0) is 41.8 Å². The van der Waals surface area contributed by atoms with E-state index in [9.17, 15) is 4.79 Å². The zero-order chi connectivity index (χ0) is 26.2. The number of hydrazone groups is 1. The Labute approximate surface area is 222 Å². The van der Waals surface area contributed by atoms with Crippen LogP contribution in [-0.2, 0) is 0 Å². The molecule has 5 nitrogen and oxygen atoms in total. The summed E-state index contributed by atoms with van der Waals surface area (Å²) in [6, 6.07) is 41.4. The highest BCUT2D eigenvalue weighted by atomic mass is 16.1. The molecule has 0 saturated heterocycles. The fraction of sp³-hybridized carbons (Fsp3) is 0.0606. The lowest BCUT2D eigenvalue weighted by Gasteiger charge is -2.13. The molecule has 5 heteroatoms.